The molecule has 0 aromatic heterocycles. The summed E-state index contributed by atoms with van der Waals surface area (Å²) in [6.45, 7) is -1.46. The molecule has 11 nitrogen and oxygen atoms in total. The molecule has 1 atom stereocenters. The van der Waals surface area contributed by atoms with Gasteiger partial charge in [0.2, 0.25) is 0 Å². The Labute approximate surface area is 118 Å². The van der Waals surface area contributed by atoms with Crippen molar-refractivity contribution in [2.45, 2.75) is 12.2 Å². The molecule has 0 aliphatic carbocycles. The Morgan fingerprint density at radius 2 is 1.10 bits per heavy atom. The van der Waals surface area contributed by atoms with Crippen molar-refractivity contribution in [1.29, 1.82) is 0 Å². The first-order valence-corrected chi connectivity index (χ1v) is 5.17. The largest absolute Gasteiger partial charge is 0.479 e. The third kappa shape index (κ3) is 27.2. The number of hydrogen-bond acceptors (Lipinski definition) is 8. The van der Waals surface area contributed by atoms with Crippen LogP contribution >= 0.6 is 0 Å². The van der Waals surface area contributed by atoms with Crippen LogP contribution in [0.25, 0.3) is 0 Å². The summed E-state index contributed by atoms with van der Waals surface area (Å²) in [7, 11) is 0. The van der Waals surface area contributed by atoms with Gasteiger partial charge in [-0.25, -0.2) is 14.4 Å². The lowest BCUT2D eigenvalue weighted by Gasteiger charge is -1.96. The van der Waals surface area contributed by atoms with Crippen molar-refractivity contribution in [3.63, 3.8) is 0 Å². The monoisotopic (exact) mass is 314 g/mol. The van der Waals surface area contributed by atoms with E-state index in [0.29, 0.717) is 12.2 Å². The van der Waals surface area contributed by atoms with Crippen LogP contribution in [0.5, 0.6) is 0 Å². The topological polar surface area (TPSA) is 213 Å². The molecule has 0 aliphatic heterocycles. The fraction of sp³-hybridized carbons (Fsp3) is 0.500. The zero-order valence-electron chi connectivity index (χ0n) is 10.7. The molecular formula is C10H18O11. The number of carboxylic acid groups (broad SMARTS) is 3. The van der Waals surface area contributed by atoms with Crippen LogP contribution < -0.4 is 0 Å². The summed E-state index contributed by atoms with van der Waals surface area (Å²) >= 11 is 0. The molecule has 8 N–H and O–H groups in total. The molecule has 0 bridgehead atoms. The number of aliphatic hydroxyl groups excluding tert-OH is 5. The Balaban J connectivity index is -0.000000234. The predicted octanol–water partition coefficient (Wildman–Crippen LogP) is -3.53. The highest BCUT2D eigenvalue weighted by molar-refractivity contribution is 5.89. The lowest BCUT2D eigenvalue weighted by Crippen LogP contribution is -2.22. The van der Waals surface area contributed by atoms with E-state index in [-0.39, 0.29) is 13.2 Å². The van der Waals surface area contributed by atoms with Crippen LogP contribution in [0.1, 0.15) is 0 Å². The zero-order valence-corrected chi connectivity index (χ0v) is 10.7. The molecule has 21 heavy (non-hydrogen) atoms. The molecule has 0 rings (SSSR count). The van der Waals surface area contributed by atoms with E-state index < -0.39 is 36.7 Å². The van der Waals surface area contributed by atoms with Crippen LogP contribution in [0.3, 0.4) is 0 Å². The normalized spacial score (nSPS) is 11.0. The van der Waals surface area contributed by atoms with Crippen LogP contribution in [0, 0.1) is 0 Å². The highest BCUT2D eigenvalue weighted by Gasteiger charge is 2.08. The summed E-state index contributed by atoms with van der Waals surface area (Å²) < 4.78 is 0. The number of aliphatic hydroxyl groups is 5. The molecule has 0 aliphatic rings. The van der Waals surface area contributed by atoms with Crippen LogP contribution in [-0.2, 0) is 14.4 Å². The average Bonchev–Trinajstić information content (AvgIpc) is 2.44. The van der Waals surface area contributed by atoms with Gasteiger partial charge in [-0.3, -0.25) is 0 Å². The Morgan fingerprint density at radius 3 is 1.14 bits per heavy atom. The SMILES string of the molecule is O=C(O)/C=C\C(=O)O.O=C(O)C(O)CO.OCC(O)CO. The smallest absolute Gasteiger partial charge is 0.334 e. The van der Waals surface area contributed by atoms with Crippen LogP contribution in [0.15, 0.2) is 12.2 Å². The number of aliphatic carboxylic acids is 3. The van der Waals surface area contributed by atoms with Gasteiger partial charge in [0.1, 0.15) is 6.10 Å². The van der Waals surface area contributed by atoms with Gasteiger partial charge in [0.15, 0.2) is 6.10 Å². The van der Waals surface area contributed by atoms with Crippen molar-refractivity contribution >= 4 is 17.9 Å². The van der Waals surface area contributed by atoms with Crippen molar-refractivity contribution in [1.82, 2.24) is 0 Å². The molecule has 0 aromatic carbocycles. The minimum atomic E-state index is -1.63. The maximum atomic E-state index is 9.55. The second-order valence-corrected chi connectivity index (χ2v) is 3.07. The van der Waals surface area contributed by atoms with Gasteiger partial charge in [0.05, 0.1) is 19.8 Å². The maximum absolute atomic E-state index is 9.55. The Morgan fingerprint density at radius 1 is 0.762 bits per heavy atom. The van der Waals surface area contributed by atoms with Crippen LogP contribution in [0.2, 0.25) is 0 Å². The van der Waals surface area contributed by atoms with Gasteiger partial charge in [-0.05, 0) is 0 Å². The van der Waals surface area contributed by atoms with E-state index in [0.717, 1.165) is 0 Å². The maximum Gasteiger partial charge on any atom is 0.334 e. The Kier molecular flexibility index (Phi) is 18.3. The lowest BCUT2D eigenvalue weighted by molar-refractivity contribution is -0.148. The highest BCUT2D eigenvalue weighted by atomic mass is 16.4. The summed E-state index contributed by atoms with van der Waals surface area (Å²) in [4.78, 5) is 28.6. The molecular weight excluding hydrogens is 296 g/mol. The zero-order chi connectivity index (χ0) is 17.4. The average molecular weight is 314 g/mol. The first-order chi connectivity index (χ1) is 9.61. The molecule has 0 spiro atoms. The molecule has 0 aromatic rings. The van der Waals surface area contributed by atoms with Gasteiger partial charge in [0, 0.05) is 12.2 Å². The van der Waals surface area contributed by atoms with Crippen LogP contribution in [-0.4, -0.2) is 90.8 Å². The fourth-order valence-electron chi connectivity index (χ4n) is 0.278. The van der Waals surface area contributed by atoms with Crippen molar-refractivity contribution in [3.05, 3.63) is 12.2 Å². The van der Waals surface area contributed by atoms with Crippen molar-refractivity contribution in [3.8, 4) is 0 Å². The minimum Gasteiger partial charge on any atom is -0.479 e. The van der Waals surface area contributed by atoms with E-state index in [1.165, 1.54) is 0 Å². The summed E-state index contributed by atoms with van der Waals surface area (Å²) in [5.74, 6) is -3.91. The number of carboxylic acids is 3. The summed E-state index contributed by atoms with van der Waals surface area (Å²) in [6.07, 6.45) is -1.46. The van der Waals surface area contributed by atoms with Gasteiger partial charge >= 0.3 is 17.9 Å². The van der Waals surface area contributed by atoms with Crippen molar-refractivity contribution in [2.75, 3.05) is 19.8 Å². The second kappa shape index (κ2) is 16.0. The highest BCUT2D eigenvalue weighted by Crippen LogP contribution is 1.76. The first kappa shape index (κ1) is 24.0. The van der Waals surface area contributed by atoms with E-state index in [9.17, 15) is 14.4 Å². The van der Waals surface area contributed by atoms with Gasteiger partial charge in [-0.2, -0.15) is 0 Å². The predicted molar refractivity (Wildman–Crippen MR) is 65.3 cm³/mol. The van der Waals surface area contributed by atoms with E-state index in [4.69, 9.17) is 40.9 Å². The van der Waals surface area contributed by atoms with E-state index >= 15 is 0 Å². The minimum absolute atomic E-state index is 0.365. The van der Waals surface area contributed by atoms with E-state index in [1.54, 1.807) is 0 Å². The molecule has 0 saturated heterocycles. The lowest BCUT2D eigenvalue weighted by atomic mass is 10.4. The standard InChI is InChI=1S/C4H4O4.C3H6O4.C3H8O3/c5-3(6)1-2-4(7)8;4-1-2(5)3(6)7;4-1-3(6)2-5/h1-2H,(H,5,6)(H,7,8);2,4-5H,1H2,(H,6,7);3-6H,1-2H2/b2-1-;;. The first-order valence-electron chi connectivity index (χ1n) is 5.17. The van der Waals surface area contributed by atoms with Gasteiger partial charge < -0.3 is 40.9 Å². The Bertz CT molecular complexity index is 305. The van der Waals surface area contributed by atoms with E-state index in [1.807, 2.05) is 0 Å². The molecule has 0 saturated carbocycles. The molecule has 11 heteroatoms. The van der Waals surface area contributed by atoms with Crippen molar-refractivity contribution < 1.29 is 55.2 Å². The molecule has 0 radical (unpaired) electrons. The summed E-state index contributed by atoms with van der Waals surface area (Å²) in [6, 6.07) is 0. The van der Waals surface area contributed by atoms with Crippen LogP contribution in [0.4, 0.5) is 0 Å². The third-order valence-electron chi connectivity index (χ3n) is 1.25. The van der Waals surface area contributed by atoms with Crippen molar-refractivity contribution in [2.24, 2.45) is 0 Å². The molecule has 0 amide bonds. The third-order valence-corrected chi connectivity index (χ3v) is 1.25. The number of rotatable bonds is 6. The number of carbonyl (C=O) groups is 3. The molecule has 124 valence electrons. The van der Waals surface area contributed by atoms with Gasteiger partial charge in [0.25, 0.3) is 0 Å². The Hall–Kier alpha value is -2.05. The van der Waals surface area contributed by atoms with Gasteiger partial charge in [-0.1, -0.05) is 0 Å². The van der Waals surface area contributed by atoms with Gasteiger partial charge in [-0.15, -0.1) is 0 Å². The molecule has 0 heterocycles. The molecule has 1 unspecified atom stereocenters. The fourth-order valence-corrected chi connectivity index (χ4v) is 0.278. The summed E-state index contributed by atoms with van der Waals surface area (Å²) in [5.41, 5.74) is 0. The second-order valence-electron chi connectivity index (χ2n) is 3.07. The molecule has 0 fully saturated rings. The number of hydrogen-bond donors (Lipinski definition) is 8. The van der Waals surface area contributed by atoms with E-state index in [2.05, 4.69) is 0 Å². The quantitative estimate of drug-likeness (QED) is 0.225. The summed E-state index contributed by atoms with van der Waals surface area (Å²) in [5, 5.41) is 63.4.